The van der Waals surface area contributed by atoms with Gasteiger partial charge in [0.05, 0.1) is 11.3 Å². The van der Waals surface area contributed by atoms with E-state index >= 15 is 0 Å². The quantitative estimate of drug-likeness (QED) is 0.876. The maximum Gasteiger partial charge on any atom is 0.224 e. The summed E-state index contributed by atoms with van der Waals surface area (Å²) in [6.07, 6.45) is 0. The van der Waals surface area contributed by atoms with Crippen molar-refractivity contribution < 1.29 is 0 Å². The second-order valence-electron chi connectivity index (χ2n) is 4.03. The Morgan fingerprint density at radius 1 is 1.26 bits per heavy atom. The van der Waals surface area contributed by atoms with Gasteiger partial charge in [-0.15, -0.1) is 0 Å². The van der Waals surface area contributed by atoms with Crippen LogP contribution in [0.1, 0.15) is 18.2 Å². The fourth-order valence-electron chi connectivity index (χ4n) is 1.70. The number of aryl methyl sites for hydroxylation is 1. The van der Waals surface area contributed by atoms with E-state index in [0.29, 0.717) is 17.3 Å². The van der Waals surface area contributed by atoms with E-state index in [0.717, 1.165) is 17.9 Å². The molecule has 2 N–H and O–H groups in total. The molecule has 0 atom stereocenters. The monoisotopic (exact) mass is 253 g/mol. The molecule has 0 fully saturated rings. The number of benzene rings is 1. The van der Waals surface area contributed by atoms with E-state index in [-0.39, 0.29) is 0 Å². The van der Waals surface area contributed by atoms with Gasteiger partial charge in [-0.05, 0) is 26.0 Å². The van der Waals surface area contributed by atoms with Crippen molar-refractivity contribution >= 4 is 17.5 Å². The molecule has 0 bridgehead atoms. The van der Waals surface area contributed by atoms with Crippen molar-refractivity contribution in [1.82, 2.24) is 9.97 Å². The topological polar surface area (TPSA) is 73.6 Å². The number of para-hydroxylation sites is 1. The summed E-state index contributed by atoms with van der Waals surface area (Å²) in [5.41, 5.74) is 2.19. The summed E-state index contributed by atoms with van der Waals surface area (Å²) in [6.45, 7) is 4.66. The molecule has 2 rings (SSSR count). The molecule has 0 spiro atoms. The van der Waals surface area contributed by atoms with Crippen molar-refractivity contribution in [2.45, 2.75) is 13.8 Å². The van der Waals surface area contributed by atoms with Gasteiger partial charge in [0.1, 0.15) is 11.9 Å². The maximum absolute atomic E-state index is 9.05. The van der Waals surface area contributed by atoms with E-state index in [2.05, 4.69) is 26.7 Å². The molecular formula is C14H15N5. The van der Waals surface area contributed by atoms with Gasteiger partial charge in [0.15, 0.2) is 0 Å². The summed E-state index contributed by atoms with van der Waals surface area (Å²) >= 11 is 0. The van der Waals surface area contributed by atoms with Gasteiger partial charge >= 0.3 is 0 Å². The SMILES string of the molecule is CCNc1nc(C)cc(Nc2ccccc2C#N)n1. The lowest BCUT2D eigenvalue weighted by Crippen LogP contribution is -2.05. The lowest BCUT2D eigenvalue weighted by atomic mass is 10.2. The molecule has 0 radical (unpaired) electrons. The molecule has 5 heteroatoms. The van der Waals surface area contributed by atoms with Crippen LogP contribution in [0.15, 0.2) is 30.3 Å². The van der Waals surface area contributed by atoms with Crippen LogP contribution in [0.3, 0.4) is 0 Å². The Hall–Kier alpha value is -2.61. The minimum atomic E-state index is 0.583. The first-order valence-electron chi connectivity index (χ1n) is 6.08. The van der Waals surface area contributed by atoms with E-state index in [1.165, 1.54) is 0 Å². The standard InChI is InChI=1S/C14H15N5/c1-3-16-14-17-10(2)8-13(19-14)18-12-7-5-4-6-11(12)9-15/h4-8H,3H2,1-2H3,(H2,16,17,18,19). The number of anilines is 3. The lowest BCUT2D eigenvalue weighted by Gasteiger charge is -2.10. The number of hydrogen-bond donors (Lipinski definition) is 2. The zero-order valence-electron chi connectivity index (χ0n) is 10.9. The van der Waals surface area contributed by atoms with E-state index in [9.17, 15) is 0 Å². The Bertz CT molecular complexity index is 615. The highest BCUT2D eigenvalue weighted by atomic mass is 15.1. The lowest BCUT2D eigenvalue weighted by molar-refractivity contribution is 1.05. The maximum atomic E-state index is 9.05. The zero-order chi connectivity index (χ0) is 13.7. The van der Waals surface area contributed by atoms with Gasteiger partial charge in [0, 0.05) is 18.3 Å². The third kappa shape index (κ3) is 3.19. The summed E-state index contributed by atoms with van der Waals surface area (Å²) < 4.78 is 0. The summed E-state index contributed by atoms with van der Waals surface area (Å²) in [5, 5.41) is 15.3. The van der Waals surface area contributed by atoms with Crippen LogP contribution in [-0.2, 0) is 0 Å². The Labute approximate surface area is 112 Å². The molecule has 5 nitrogen and oxygen atoms in total. The van der Waals surface area contributed by atoms with E-state index in [4.69, 9.17) is 5.26 Å². The van der Waals surface area contributed by atoms with Gasteiger partial charge in [-0.1, -0.05) is 12.1 Å². The third-order valence-corrected chi connectivity index (χ3v) is 2.50. The van der Waals surface area contributed by atoms with Crippen molar-refractivity contribution in [2.75, 3.05) is 17.2 Å². The molecule has 0 aliphatic heterocycles. The molecule has 0 aliphatic carbocycles. The summed E-state index contributed by atoms with van der Waals surface area (Å²) in [6, 6.07) is 11.3. The van der Waals surface area contributed by atoms with Crippen molar-refractivity contribution in [3.8, 4) is 6.07 Å². The summed E-state index contributed by atoms with van der Waals surface area (Å²) in [7, 11) is 0. The number of nitrogens with zero attached hydrogens (tertiary/aromatic N) is 3. The van der Waals surface area contributed by atoms with Crippen LogP contribution in [0.25, 0.3) is 0 Å². The van der Waals surface area contributed by atoms with Crippen molar-refractivity contribution in [2.24, 2.45) is 0 Å². The highest BCUT2D eigenvalue weighted by Crippen LogP contribution is 2.20. The molecule has 1 aromatic heterocycles. The number of aromatic nitrogens is 2. The summed E-state index contributed by atoms with van der Waals surface area (Å²) in [5.74, 6) is 1.26. The van der Waals surface area contributed by atoms with Gasteiger partial charge in [-0.3, -0.25) is 0 Å². The van der Waals surface area contributed by atoms with Crippen LogP contribution >= 0.6 is 0 Å². The van der Waals surface area contributed by atoms with Crippen molar-refractivity contribution in [1.29, 1.82) is 5.26 Å². The van der Waals surface area contributed by atoms with E-state index in [1.54, 1.807) is 6.07 Å². The van der Waals surface area contributed by atoms with Gasteiger partial charge in [-0.25, -0.2) is 4.98 Å². The Morgan fingerprint density at radius 2 is 2.05 bits per heavy atom. The van der Waals surface area contributed by atoms with Crippen LogP contribution in [-0.4, -0.2) is 16.5 Å². The average molecular weight is 253 g/mol. The molecular weight excluding hydrogens is 238 g/mol. The largest absolute Gasteiger partial charge is 0.354 e. The van der Waals surface area contributed by atoms with Crippen molar-refractivity contribution in [3.63, 3.8) is 0 Å². The number of nitriles is 1. The highest BCUT2D eigenvalue weighted by Gasteiger charge is 2.04. The van der Waals surface area contributed by atoms with Crippen molar-refractivity contribution in [3.05, 3.63) is 41.6 Å². The molecule has 2 aromatic rings. The minimum absolute atomic E-state index is 0.583. The van der Waals surface area contributed by atoms with Gasteiger partial charge in [0.25, 0.3) is 0 Å². The van der Waals surface area contributed by atoms with Crippen LogP contribution in [0.2, 0.25) is 0 Å². The second-order valence-corrected chi connectivity index (χ2v) is 4.03. The van der Waals surface area contributed by atoms with Crippen LogP contribution in [0.5, 0.6) is 0 Å². The molecule has 0 amide bonds. The molecule has 1 aromatic carbocycles. The zero-order valence-corrected chi connectivity index (χ0v) is 10.9. The third-order valence-electron chi connectivity index (χ3n) is 2.50. The molecule has 19 heavy (non-hydrogen) atoms. The molecule has 0 saturated heterocycles. The predicted molar refractivity (Wildman–Crippen MR) is 75.4 cm³/mol. The Balaban J connectivity index is 2.30. The molecule has 0 saturated carbocycles. The summed E-state index contributed by atoms with van der Waals surface area (Å²) in [4.78, 5) is 8.63. The Morgan fingerprint density at radius 3 is 2.79 bits per heavy atom. The molecule has 1 heterocycles. The van der Waals surface area contributed by atoms with E-state index < -0.39 is 0 Å². The average Bonchev–Trinajstić information content (AvgIpc) is 2.39. The normalized spacial score (nSPS) is 9.74. The van der Waals surface area contributed by atoms with Gasteiger partial charge < -0.3 is 10.6 Å². The minimum Gasteiger partial charge on any atom is -0.354 e. The van der Waals surface area contributed by atoms with Crippen LogP contribution in [0, 0.1) is 18.3 Å². The number of nitrogens with one attached hydrogen (secondary N) is 2. The molecule has 0 unspecified atom stereocenters. The first-order chi connectivity index (χ1) is 9.22. The Kier molecular flexibility index (Phi) is 3.94. The number of rotatable bonds is 4. The first-order valence-corrected chi connectivity index (χ1v) is 6.08. The van der Waals surface area contributed by atoms with Gasteiger partial charge in [0.2, 0.25) is 5.95 Å². The van der Waals surface area contributed by atoms with Gasteiger partial charge in [-0.2, -0.15) is 10.2 Å². The highest BCUT2D eigenvalue weighted by molar-refractivity contribution is 5.64. The predicted octanol–water partition coefficient (Wildman–Crippen LogP) is 2.83. The smallest absolute Gasteiger partial charge is 0.224 e. The van der Waals surface area contributed by atoms with E-state index in [1.807, 2.05) is 38.1 Å². The molecule has 96 valence electrons. The molecule has 0 aliphatic rings. The van der Waals surface area contributed by atoms with Crippen LogP contribution in [0.4, 0.5) is 17.5 Å². The first kappa shape index (κ1) is 12.8. The van der Waals surface area contributed by atoms with Crippen LogP contribution < -0.4 is 10.6 Å². The number of hydrogen-bond acceptors (Lipinski definition) is 5. The second kappa shape index (κ2) is 5.83. The fraction of sp³-hybridized carbons (Fsp3) is 0.214. The fourth-order valence-corrected chi connectivity index (χ4v) is 1.70.